The lowest BCUT2D eigenvalue weighted by Crippen LogP contribution is -2.26. The molecule has 0 fully saturated rings. The van der Waals surface area contributed by atoms with Crippen molar-refractivity contribution in [1.82, 2.24) is 5.06 Å². The van der Waals surface area contributed by atoms with Crippen LogP contribution in [-0.2, 0) is 4.84 Å². The zero-order valence-corrected chi connectivity index (χ0v) is 7.95. The highest BCUT2D eigenvalue weighted by molar-refractivity contribution is 5.94. The first kappa shape index (κ1) is 10.5. The van der Waals surface area contributed by atoms with Crippen molar-refractivity contribution in [3.05, 3.63) is 29.6 Å². The molecule has 0 saturated heterocycles. The van der Waals surface area contributed by atoms with Gasteiger partial charge in [-0.1, -0.05) is 6.07 Å². The van der Waals surface area contributed by atoms with Gasteiger partial charge in [0.2, 0.25) is 0 Å². The van der Waals surface area contributed by atoms with E-state index in [0.29, 0.717) is 0 Å². The Kier molecular flexibility index (Phi) is 3.03. The van der Waals surface area contributed by atoms with Gasteiger partial charge in [0.1, 0.15) is 0 Å². The van der Waals surface area contributed by atoms with Crippen LogP contribution in [0.5, 0.6) is 0 Å². The van der Waals surface area contributed by atoms with Gasteiger partial charge in [-0.3, -0.25) is 9.63 Å². The number of nitrogens with zero attached hydrogens (tertiary/aromatic N) is 1. The Bertz CT molecular complexity index is 355. The first-order chi connectivity index (χ1) is 6.57. The van der Waals surface area contributed by atoms with E-state index in [-0.39, 0.29) is 11.3 Å². The summed E-state index contributed by atoms with van der Waals surface area (Å²) in [6.07, 6.45) is 0. The van der Waals surface area contributed by atoms with Crippen molar-refractivity contribution in [3.8, 4) is 0 Å². The van der Waals surface area contributed by atoms with E-state index in [4.69, 9.17) is 5.73 Å². The molecule has 0 spiro atoms. The lowest BCUT2D eigenvalue weighted by Gasteiger charge is -2.14. The number of hydrogen-bond acceptors (Lipinski definition) is 3. The first-order valence-corrected chi connectivity index (χ1v) is 3.94. The number of carbonyl (C=O) groups is 1. The molecule has 5 heteroatoms. The van der Waals surface area contributed by atoms with Gasteiger partial charge in [0, 0.05) is 7.05 Å². The Morgan fingerprint density at radius 2 is 2.21 bits per heavy atom. The van der Waals surface area contributed by atoms with Gasteiger partial charge in [0.25, 0.3) is 5.91 Å². The van der Waals surface area contributed by atoms with Crippen LogP contribution in [0.3, 0.4) is 0 Å². The number of anilines is 1. The number of hydrogen-bond donors (Lipinski definition) is 1. The van der Waals surface area contributed by atoms with E-state index in [0.717, 1.165) is 5.06 Å². The second-order valence-corrected chi connectivity index (χ2v) is 2.69. The smallest absolute Gasteiger partial charge is 0.280 e. The number of nitrogens with two attached hydrogens (primary N) is 1. The van der Waals surface area contributed by atoms with Crippen molar-refractivity contribution in [1.29, 1.82) is 0 Å². The zero-order valence-electron chi connectivity index (χ0n) is 7.95. The molecule has 14 heavy (non-hydrogen) atoms. The summed E-state index contributed by atoms with van der Waals surface area (Å²) in [6, 6.07) is 4.25. The van der Waals surface area contributed by atoms with E-state index in [1.807, 2.05) is 0 Å². The first-order valence-electron chi connectivity index (χ1n) is 3.94. The fraction of sp³-hybridized carbons (Fsp3) is 0.222. The monoisotopic (exact) mass is 198 g/mol. The molecule has 1 amide bonds. The molecule has 0 unspecified atom stereocenters. The number of halogens is 1. The molecule has 0 aliphatic carbocycles. The van der Waals surface area contributed by atoms with Crippen molar-refractivity contribution in [3.63, 3.8) is 0 Å². The van der Waals surface area contributed by atoms with Gasteiger partial charge < -0.3 is 5.73 Å². The summed E-state index contributed by atoms with van der Waals surface area (Å²) < 4.78 is 13.3. The van der Waals surface area contributed by atoms with E-state index < -0.39 is 11.7 Å². The standard InChI is InChI=1S/C9H11FN2O2/c1-12(14-2)9(13)6-4-3-5-7(11)8(6)10/h3-5H,11H2,1-2H3. The van der Waals surface area contributed by atoms with Crippen LogP contribution in [0.25, 0.3) is 0 Å². The average Bonchev–Trinajstić information content (AvgIpc) is 2.20. The molecule has 4 nitrogen and oxygen atoms in total. The molecular weight excluding hydrogens is 187 g/mol. The molecule has 1 aromatic rings. The van der Waals surface area contributed by atoms with Crippen molar-refractivity contribution < 1.29 is 14.0 Å². The Morgan fingerprint density at radius 3 is 2.79 bits per heavy atom. The molecule has 0 bridgehead atoms. The SMILES string of the molecule is CON(C)C(=O)c1cccc(N)c1F. The number of carbonyl (C=O) groups excluding carboxylic acids is 1. The van der Waals surface area contributed by atoms with Crippen LogP contribution in [-0.4, -0.2) is 25.1 Å². The van der Waals surface area contributed by atoms with Crippen LogP contribution < -0.4 is 5.73 Å². The minimum atomic E-state index is -0.721. The third-order valence-electron chi connectivity index (χ3n) is 1.82. The second kappa shape index (κ2) is 4.06. The summed E-state index contributed by atoms with van der Waals surface area (Å²) in [5, 5.41) is 0.928. The lowest BCUT2D eigenvalue weighted by atomic mass is 10.2. The molecule has 0 saturated carbocycles. The van der Waals surface area contributed by atoms with Gasteiger partial charge in [0.15, 0.2) is 5.82 Å². The Hall–Kier alpha value is -1.62. The average molecular weight is 198 g/mol. The maximum Gasteiger partial charge on any atom is 0.280 e. The summed E-state index contributed by atoms with van der Waals surface area (Å²) in [6.45, 7) is 0. The fourth-order valence-corrected chi connectivity index (χ4v) is 0.968. The van der Waals surface area contributed by atoms with Gasteiger partial charge in [-0.15, -0.1) is 0 Å². The molecule has 0 aliphatic heterocycles. The van der Waals surface area contributed by atoms with Crippen LogP contribution in [0, 0.1) is 5.82 Å². The van der Waals surface area contributed by atoms with Gasteiger partial charge in [-0.05, 0) is 12.1 Å². The van der Waals surface area contributed by atoms with Crippen LogP contribution >= 0.6 is 0 Å². The van der Waals surface area contributed by atoms with E-state index >= 15 is 0 Å². The van der Waals surface area contributed by atoms with Gasteiger partial charge in [-0.2, -0.15) is 0 Å². The second-order valence-electron chi connectivity index (χ2n) is 2.69. The van der Waals surface area contributed by atoms with Crippen LogP contribution in [0.2, 0.25) is 0 Å². The Labute approximate surface area is 81.0 Å². The highest BCUT2D eigenvalue weighted by atomic mass is 19.1. The fourth-order valence-electron chi connectivity index (χ4n) is 0.968. The van der Waals surface area contributed by atoms with Gasteiger partial charge >= 0.3 is 0 Å². The Balaban J connectivity index is 3.07. The molecule has 0 atom stereocenters. The van der Waals surface area contributed by atoms with E-state index in [1.165, 1.54) is 32.4 Å². The Morgan fingerprint density at radius 1 is 1.57 bits per heavy atom. The molecule has 1 rings (SSSR count). The van der Waals surface area contributed by atoms with E-state index in [1.54, 1.807) is 0 Å². The van der Waals surface area contributed by atoms with E-state index in [2.05, 4.69) is 4.84 Å². The van der Waals surface area contributed by atoms with Gasteiger partial charge in [0.05, 0.1) is 18.4 Å². The highest BCUT2D eigenvalue weighted by Gasteiger charge is 2.17. The quantitative estimate of drug-likeness (QED) is 0.570. The number of rotatable bonds is 2. The lowest BCUT2D eigenvalue weighted by molar-refractivity contribution is -0.0759. The summed E-state index contributed by atoms with van der Waals surface area (Å²) in [4.78, 5) is 16.1. The summed E-state index contributed by atoms with van der Waals surface area (Å²) in [5.74, 6) is -1.29. The predicted molar refractivity (Wildman–Crippen MR) is 49.9 cm³/mol. The van der Waals surface area contributed by atoms with E-state index in [9.17, 15) is 9.18 Å². The molecule has 0 heterocycles. The molecule has 0 aliphatic rings. The number of nitrogen functional groups attached to an aromatic ring is 1. The minimum Gasteiger partial charge on any atom is -0.396 e. The summed E-state index contributed by atoms with van der Waals surface area (Å²) in [5.41, 5.74) is 5.16. The molecule has 0 aromatic heterocycles. The maximum atomic E-state index is 13.3. The summed E-state index contributed by atoms with van der Waals surface area (Å²) in [7, 11) is 2.72. The van der Waals surface area contributed by atoms with Gasteiger partial charge in [-0.25, -0.2) is 9.45 Å². The predicted octanol–water partition coefficient (Wildman–Crippen LogP) is 1.04. The number of benzene rings is 1. The summed E-state index contributed by atoms with van der Waals surface area (Å²) >= 11 is 0. The third-order valence-corrected chi connectivity index (χ3v) is 1.82. The van der Waals surface area contributed by atoms with Crippen molar-refractivity contribution in [2.45, 2.75) is 0 Å². The van der Waals surface area contributed by atoms with Crippen LogP contribution in [0.1, 0.15) is 10.4 Å². The van der Waals surface area contributed by atoms with Crippen molar-refractivity contribution in [2.75, 3.05) is 19.9 Å². The number of amides is 1. The minimum absolute atomic E-state index is 0.0552. The molecular formula is C9H11FN2O2. The normalized spacial score (nSPS) is 9.93. The topological polar surface area (TPSA) is 55.6 Å². The molecule has 0 radical (unpaired) electrons. The maximum absolute atomic E-state index is 13.3. The highest BCUT2D eigenvalue weighted by Crippen LogP contribution is 2.15. The van der Waals surface area contributed by atoms with Crippen LogP contribution in [0.15, 0.2) is 18.2 Å². The van der Waals surface area contributed by atoms with Crippen molar-refractivity contribution in [2.24, 2.45) is 0 Å². The molecule has 76 valence electrons. The zero-order chi connectivity index (χ0) is 10.7. The number of hydroxylamine groups is 2. The van der Waals surface area contributed by atoms with Crippen molar-refractivity contribution >= 4 is 11.6 Å². The largest absolute Gasteiger partial charge is 0.396 e. The third kappa shape index (κ3) is 1.82. The molecule has 2 N–H and O–H groups in total. The van der Waals surface area contributed by atoms with Crippen LogP contribution in [0.4, 0.5) is 10.1 Å². The molecule has 1 aromatic carbocycles.